The van der Waals surface area contributed by atoms with Crippen molar-refractivity contribution >= 4 is 28.4 Å². The molecular formula is C11H12N2OS. The molecular weight excluding hydrogens is 208 g/mol. The maximum absolute atomic E-state index is 11.2. The van der Waals surface area contributed by atoms with Gasteiger partial charge in [0.25, 0.3) is 0 Å². The molecule has 2 rings (SSSR count). The second-order valence-corrected chi connectivity index (χ2v) is 4.38. The van der Waals surface area contributed by atoms with Gasteiger partial charge in [0.1, 0.15) is 0 Å². The van der Waals surface area contributed by atoms with Crippen LogP contribution in [0.15, 0.2) is 29.3 Å². The molecule has 1 aromatic carbocycles. The fourth-order valence-electron chi connectivity index (χ4n) is 1.35. The third-order valence-electron chi connectivity index (χ3n) is 2.11. The van der Waals surface area contributed by atoms with E-state index in [1.807, 2.05) is 24.3 Å². The molecule has 0 unspecified atom stereocenters. The Bertz CT molecular complexity index is 415. The highest BCUT2D eigenvalue weighted by molar-refractivity contribution is 8.14. The minimum Gasteiger partial charge on any atom is -0.335 e. The number of rotatable bonds is 2. The third-order valence-corrected chi connectivity index (χ3v) is 3.00. The topological polar surface area (TPSA) is 41.5 Å². The SMILES string of the molecule is CC(=O)c1cccc(NC2=NCCS2)c1. The average Bonchev–Trinajstić information content (AvgIpc) is 2.71. The Kier molecular flexibility index (Phi) is 3.06. The Morgan fingerprint density at radius 2 is 2.40 bits per heavy atom. The molecule has 0 saturated carbocycles. The van der Waals surface area contributed by atoms with E-state index < -0.39 is 0 Å². The van der Waals surface area contributed by atoms with Gasteiger partial charge in [0.15, 0.2) is 11.0 Å². The third kappa shape index (κ3) is 2.59. The van der Waals surface area contributed by atoms with Crippen LogP contribution in [0.1, 0.15) is 17.3 Å². The van der Waals surface area contributed by atoms with E-state index in [1.54, 1.807) is 18.7 Å². The van der Waals surface area contributed by atoms with Crippen LogP contribution in [-0.4, -0.2) is 23.2 Å². The number of carbonyl (C=O) groups excluding carboxylic acids is 1. The number of thioether (sulfide) groups is 1. The van der Waals surface area contributed by atoms with Crippen molar-refractivity contribution in [3.8, 4) is 0 Å². The van der Waals surface area contributed by atoms with Gasteiger partial charge in [-0.2, -0.15) is 0 Å². The second kappa shape index (κ2) is 4.49. The molecule has 0 saturated heterocycles. The molecule has 78 valence electrons. The summed E-state index contributed by atoms with van der Waals surface area (Å²) in [5.74, 6) is 1.12. The van der Waals surface area contributed by atoms with E-state index in [2.05, 4.69) is 10.3 Å². The lowest BCUT2D eigenvalue weighted by Crippen LogP contribution is -2.05. The fraction of sp³-hybridized carbons (Fsp3) is 0.273. The number of aliphatic imine (C=N–C) groups is 1. The standard InChI is InChI=1S/C11H12N2OS/c1-8(14)9-3-2-4-10(7-9)13-11-12-5-6-15-11/h2-4,7H,5-6H2,1H3,(H,12,13). The Morgan fingerprint density at radius 3 is 3.07 bits per heavy atom. The molecule has 0 radical (unpaired) electrons. The quantitative estimate of drug-likeness (QED) is 0.778. The lowest BCUT2D eigenvalue weighted by Gasteiger charge is -2.05. The normalized spacial score (nSPS) is 14.9. The van der Waals surface area contributed by atoms with Crippen LogP contribution in [-0.2, 0) is 0 Å². The van der Waals surface area contributed by atoms with Crippen molar-refractivity contribution < 1.29 is 4.79 Å². The Balaban J connectivity index is 2.14. The zero-order chi connectivity index (χ0) is 10.7. The monoisotopic (exact) mass is 220 g/mol. The molecule has 1 aromatic rings. The van der Waals surface area contributed by atoms with Gasteiger partial charge in [-0.3, -0.25) is 9.79 Å². The summed E-state index contributed by atoms with van der Waals surface area (Å²) in [5, 5.41) is 4.14. The van der Waals surface area contributed by atoms with Gasteiger partial charge in [-0.1, -0.05) is 23.9 Å². The van der Waals surface area contributed by atoms with E-state index in [0.717, 1.165) is 28.7 Å². The molecule has 4 heteroatoms. The summed E-state index contributed by atoms with van der Waals surface area (Å²) in [6.45, 7) is 2.44. The van der Waals surface area contributed by atoms with Crippen molar-refractivity contribution in [2.24, 2.45) is 4.99 Å². The zero-order valence-electron chi connectivity index (χ0n) is 8.49. The van der Waals surface area contributed by atoms with Gasteiger partial charge in [0.2, 0.25) is 0 Å². The molecule has 0 aliphatic carbocycles. The summed E-state index contributed by atoms with van der Waals surface area (Å²) in [7, 11) is 0. The van der Waals surface area contributed by atoms with Crippen LogP contribution in [0.3, 0.4) is 0 Å². The van der Waals surface area contributed by atoms with Gasteiger partial charge >= 0.3 is 0 Å². The zero-order valence-corrected chi connectivity index (χ0v) is 9.30. The van der Waals surface area contributed by atoms with E-state index >= 15 is 0 Å². The van der Waals surface area contributed by atoms with Crippen LogP contribution in [0.5, 0.6) is 0 Å². The van der Waals surface area contributed by atoms with E-state index in [9.17, 15) is 4.79 Å². The average molecular weight is 220 g/mol. The number of carbonyl (C=O) groups is 1. The number of Topliss-reactive ketones (excluding diaryl/α,β-unsaturated/α-hetero) is 1. The van der Waals surface area contributed by atoms with Crippen molar-refractivity contribution in [1.82, 2.24) is 0 Å². The Labute approximate surface area is 93.0 Å². The fourth-order valence-corrected chi connectivity index (χ4v) is 2.10. The van der Waals surface area contributed by atoms with Crippen LogP contribution in [0.4, 0.5) is 5.69 Å². The molecule has 1 N–H and O–H groups in total. The van der Waals surface area contributed by atoms with Crippen molar-refractivity contribution in [2.45, 2.75) is 6.92 Å². The largest absolute Gasteiger partial charge is 0.335 e. The van der Waals surface area contributed by atoms with E-state index in [-0.39, 0.29) is 5.78 Å². The number of amidine groups is 1. The number of benzene rings is 1. The predicted molar refractivity (Wildman–Crippen MR) is 64.8 cm³/mol. The van der Waals surface area contributed by atoms with Gasteiger partial charge in [0, 0.05) is 17.0 Å². The summed E-state index contributed by atoms with van der Waals surface area (Å²) in [6.07, 6.45) is 0. The van der Waals surface area contributed by atoms with Crippen molar-refractivity contribution in [3.63, 3.8) is 0 Å². The summed E-state index contributed by atoms with van der Waals surface area (Å²) in [5.41, 5.74) is 1.65. The van der Waals surface area contributed by atoms with E-state index in [0.29, 0.717) is 0 Å². The first-order chi connectivity index (χ1) is 7.25. The van der Waals surface area contributed by atoms with Gasteiger partial charge in [-0.15, -0.1) is 0 Å². The first kappa shape index (κ1) is 10.2. The molecule has 0 aromatic heterocycles. The summed E-state index contributed by atoms with van der Waals surface area (Å²) < 4.78 is 0. The van der Waals surface area contributed by atoms with Gasteiger partial charge in [-0.25, -0.2) is 0 Å². The van der Waals surface area contributed by atoms with Gasteiger partial charge in [0.05, 0.1) is 6.54 Å². The maximum atomic E-state index is 11.2. The number of nitrogens with one attached hydrogen (secondary N) is 1. The lowest BCUT2D eigenvalue weighted by molar-refractivity contribution is 0.101. The number of nitrogens with zero attached hydrogens (tertiary/aromatic N) is 1. The smallest absolute Gasteiger partial charge is 0.161 e. The molecule has 1 aliphatic rings. The van der Waals surface area contributed by atoms with E-state index in [4.69, 9.17) is 0 Å². The highest BCUT2D eigenvalue weighted by Gasteiger charge is 2.07. The van der Waals surface area contributed by atoms with Crippen LogP contribution in [0, 0.1) is 0 Å². The van der Waals surface area contributed by atoms with E-state index in [1.165, 1.54) is 0 Å². The number of ketones is 1. The molecule has 0 fully saturated rings. The number of hydrogen-bond acceptors (Lipinski definition) is 4. The van der Waals surface area contributed by atoms with Crippen LogP contribution in [0.2, 0.25) is 0 Å². The molecule has 0 bridgehead atoms. The number of anilines is 1. The Hall–Kier alpha value is -1.29. The second-order valence-electron chi connectivity index (χ2n) is 3.30. The highest BCUT2D eigenvalue weighted by atomic mass is 32.2. The first-order valence-electron chi connectivity index (χ1n) is 4.81. The summed E-state index contributed by atoms with van der Waals surface area (Å²) in [4.78, 5) is 15.5. The van der Waals surface area contributed by atoms with Gasteiger partial charge in [-0.05, 0) is 19.1 Å². The molecule has 1 aliphatic heterocycles. The molecule has 0 spiro atoms. The van der Waals surface area contributed by atoms with Crippen LogP contribution < -0.4 is 5.32 Å². The maximum Gasteiger partial charge on any atom is 0.161 e. The van der Waals surface area contributed by atoms with Crippen molar-refractivity contribution in [1.29, 1.82) is 0 Å². The van der Waals surface area contributed by atoms with Crippen LogP contribution >= 0.6 is 11.8 Å². The molecule has 15 heavy (non-hydrogen) atoms. The van der Waals surface area contributed by atoms with Crippen molar-refractivity contribution in [2.75, 3.05) is 17.6 Å². The molecule has 0 amide bonds. The first-order valence-corrected chi connectivity index (χ1v) is 5.79. The predicted octanol–water partition coefficient (Wildman–Crippen LogP) is 2.40. The molecule has 0 atom stereocenters. The highest BCUT2D eigenvalue weighted by Crippen LogP contribution is 2.17. The van der Waals surface area contributed by atoms with Crippen LogP contribution in [0.25, 0.3) is 0 Å². The van der Waals surface area contributed by atoms with Gasteiger partial charge < -0.3 is 5.32 Å². The summed E-state index contributed by atoms with van der Waals surface area (Å²) in [6, 6.07) is 7.48. The Morgan fingerprint density at radius 1 is 1.53 bits per heavy atom. The number of hydrogen-bond donors (Lipinski definition) is 1. The van der Waals surface area contributed by atoms with Crippen molar-refractivity contribution in [3.05, 3.63) is 29.8 Å². The molecule has 3 nitrogen and oxygen atoms in total. The summed E-state index contributed by atoms with van der Waals surface area (Å²) >= 11 is 1.71. The minimum absolute atomic E-state index is 0.0830. The molecule has 1 heterocycles. The minimum atomic E-state index is 0.0830. The lowest BCUT2D eigenvalue weighted by atomic mass is 10.1.